The second-order valence-electron chi connectivity index (χ2n) is 8.41. The first-order valence-corrected chi connectivity index (χ1v) is 11.4. The number of nitrogens with zero attached hydrogens (tertiary/aromatic N) is 2. The number of aliphatic carboxylic acids is 1. The molecule has 202 valence electrons. The number of aromatic hydroxyl groups is 1. The predicted octanol–water partition coefficient (Wildman–Crippen LogP) is 1.09. The minimum Gasteiger partial charge on any atom is -0.507 e. The monoisotopic (exact) mass is 521 g/mol. The molecule has 0 unspecified atom stereocenters. The van der Waals surface area contributed by atoms with E-state index in [1.807, 2.05) is 0 Å². The van der Waals surface area contributed by atoms with Gasteiger partial charge in [-0.2, -0.15) is 0 Å². The second kappa shape index (κ2) is 13.1. The molecule has 14 heteroatoms. The first-order valence-electron chi connectivity index (χ1n) is 11.4. The van der Waals surface area contributed by atoms with Crippen LogP contribution < -0.4 is 21.2 Å². The number of fused-ring (bicyclic) bond motifs is 1. The lowest BCUT2D eigenvalue weighted by Gasteiger charge is -2.16. The smallest absolute Gasteiger partial charge is 0.342 e. The molecule has 1 heterocycles. The van der Waals surface area contributed by atoms with Crippen molar-refractivity contribution in [3.05, 3.63) is 44.0 Å². The SMILES string of the molecule is COc1c(C)c2c(c(O)c1C/C=C(\C)CCC(=O)N[C@@H](CCCN=C(N)N[N+](=O)[O-])C(=O)O)C(=O)OC2. The van der Waals surface area contributed by atoms with Crippen molar-refractivity contribution in [2.24, 2.45) is 10.7 Å². The molecule has 0 fully saturated rings. The summed E-state index contributed by atoms with van der Waals surface area (Å²) in [6.07, 6.45) is 2.70. The average molecular weight is 522 g/mol. The number of hydrogen-bond acceptors (Lipinski definition) is 9. The number of hydrogen-bond donors (Lipinski definition) is 5. The number of carbonyl (C=O) groups is 3. The number of nitrogens with two attached hydrogens (primary N) is 1. The molecule has 1 atom stereocenters. The number of ether oxygens (including phenoxy) is 2. The van der Waals surface area contributed by atoms with E-state index in [2.05, 4.69) is 10.3 Å². The summed E-state index contributed by atoms with van der Waals surface area (Å²) in [5, 5.41) is 31.9. The Labute approximate surface area is 212 Å². The summed E-state index contributed by atoms with van der Waals surface area (Å²) in [6.45, 7) is 3.70. The van der Waals surface area contributed by atoms with Gasteiger partial charge in [-0.15, -0.1) is 0 Å². The number of amides is 1. The molecule has 37 heavy (non-hydrogen) atoms. The van der Waals surface area contributed by atoms with Crippen molar-refractivity contribution in [3.63, 3.8) is 0 Å². The molecule has 1 aliphatic heterocycles. The zero-order valence-corrected chi connectivity index (χ0v) is 20.8. The lowest BCUT2D eigenvalue weighted by Crippen LogP contribution is -2.41. The van der Waals surface area contributed by atoms with Gasteiger partial charge in [0.25, 0.3) is 5.96 Å². The molecule has 1 aromatic carbocycles. The third-order valence-electron chi connectivity index (χ3n) is 5.82. The van der Waals surface area contributed by atoms with Crippen LogP contribution in [0.4, 0.5) is 0 Å². The molecule has 1 aliphatic rings. The van der Waals surface area contributed by atoms with Gasteiger partial charge in [-0.1, -0.05) is 17.1 Å². The third-order valence-corrected chi connectivity index (χ3v) is 5.82. The van der Waals surface area contributed by atoms with Crippen LogP contribution >= 0.6 is 0 Å². The summed E-state index contributed by atoms with van der Waals surface area (Å²) in [7, 11) is 1.47. The number of nitro groups is 1. The van der Waals surface area contributed by atoms with Crippen molar-refractivity contribution in [1.82, 2.24) is 10.7 Å². The molecule has 0 aliphatic carbocycles. The number of allylic oxidation sites excluding steroid dienone is 2. The quantitative estimate of drug-likeness (QED) is 0.0471. The number of phenols is 1. The summed E-state index contributed by atoms with van der Waals surface area (Å²) in [5.41, 5.74) is 9.66. The van der Waals surface area contributed by atoms with E-state index in [0.717, 1.165) is 5.57 Å². The number of esters is 1. The van der Waals surface area contributed by atoms with Gasteiger partial charge in [-0.25, -0.2) is 24.7 Å². The number of carbonyl (C=O) groups excluding carboxylic acids is 2. The van der Waals surface area contributed by atoms with E-state index in [1.165, 1.54) is 7.11 Å². The zero-order chi connectivity index (χ0) is 27.7. The number of aliphatic imine (C=N–C) groups is 1. The van der Waals surface area contributed by atoms with E-state index in [0.29, 0.717) is 28.9 Å². The molecule has 2 rings (SSSR count). The summed E-state index contributed by atoms with van der Waals surface area (Å²) < 4.78 is 10.5. The number of cyclic esters (lactones) is 1. The summed E-state index contributed by atoms with van der Waals surface area (Å²) >= 11 is 0. The molecule has 0 spiro atoms. The van der Waals surface area contributed by atoms with E-state index in [-0.39, 0.29) is 50.1 Å². The lowest BCUT2D eigenvalue weighted by atomic mass is 9.94. The highest BCUT2D eigenvalue weighted by atomic mass is 16.7. The Morgan fingerprint density at radius 1 is 1.38 bits per heavy atom. The lowest BCUT2D eigenvalue weighted by molar-refractivity contribution is -0.525. The zero-order valence-electron chi connectivity index (χ0n) is 20.8. The Bertz CT molecular complexity index is 1130. The summed E-state index contributed by atoms with van der Waals surface area (Å²) in [4.78, 5) is 49.8. The van der Waals surface area contributed by atoms with Gasteiger partial charge in [0.15, 0.2) is 5.03 Å². The Hall–Kier alpha value is -4.36. The molecular weight excluding hydrogens is 490 g/mol. The van der Waals surface area contributed by atoms with Crippen LogP contribution in [0.15, 0.2) is 16.6 Å². The Kier molecular flexibility index (Phi) is 10.2. The maximum atomic E-state index is 12.3. The number of carboxylic acid groups (broad SMARTS) is 1. The van der Waals surface area contributed by atoms with Crippen molar-refractivity contribution < 1.29 is 39.1 Å². The van der Waals surface area contributed by atoms with Gasteiger partial charge in [0.2, 0.25) is 5.91 Å². The predicted molar refractivity (Wildman–Crippen MR) is 131 cm³/mol. The highest BCUT2D eigenvalue weighted by Crippen LogP contribution is 2.42. The fourth-order valence-corrected chi connectivity index (χ4v) is 3.86. The minimum absolute atomic E-state index is 0.0304. The summed E-state index contributed by atoms with van der Waals surface area (Å²) in [5.74, 6) is -2.39. The van der Waals surface area contributed by atoms with E-state index >= 15 is 0 Å². The number of nitrogens with one attached hydrogen (secondary N) is 2. The fraction of sp³-hybridized carbons (Fsp3) is 0.478. The van der Waals surface area contributed by atoms with Crippen LogP contribution in [0, 0.1) is 17.0 Å². The van der Waals surface area contributed by atoms with Gasteiger partial charge >= 0.3 is 11.9 Å². The van der Waals surface area contributed by atoms with Crippen LogP contribution in [0.25, 0.3) is 0 Å². The summed E-state index contributed by atoms with van der Waals surface area (Å²) in [6, 6.07) is -1.15. The average Bonchev–Trinajstić information content (AvgIpc) is 3.22. The molecule has 14 nitrogen and oxygen atoms in total. The maximum absolute atomic E-state index is 12.3. The van der Waals surface area contributed by atoms with Crippen molar-refractivity contribution in [3.8, 4) is 11.5 Å². The molecule has 1 amide bonds. The number of hydrazine groups is 1. The van der Waals surface area contributed by atoms with Gasteiger partial charge in [0, 0.05) is 24.1 Å². The van der Waals surface area contributed by atoms with Gasteiger partial charge in [-0.05, 0) is 45.1 Å². The van der Waals surface area contributed by atoms with Crippen molar-refractivity contribution >= 4 is 23.8 Å². The molecule has 6 N–H and O–H groups in total. The normalized spacial score (nSPS) is 14.0. The Morgan fingerprint density at radius 2 is 2.08 bits per heavy atom. The Balaban J connectivity index is 1.93. The molecule has 0 saturated carbocycles. The second-order valence-corrected chi connectivity index (χ2v) is 8.41. The van der Waals surface area contributed by atoms with Crippen molar-refractivity contribution in [1.29, 1.82) is 0 Å². The molecule has 0 aromatic heterocycles. The standard InChI is InChI=1S/C23H31N5O9/c1-12(6-8-14-19(30)18-15(11-37-22(18)33)13(2)20(14)36-3)7-9-17(29)26-16(21(31)32)5-4-10-25-23(24)27-28(34)35/h6,16,30H,4-5,7-11H2,1-3H3,(H,26,29)(H,31,32)(H3,24,25,27)/b12-6+/t16-/m0/s1. The number of benzene rings is 1. The first kappa shape index (κ1) is 28.9. The van der Waals surface area contributed by atoms with Crippen molar-refractivity contribution in [2.75, 3.05) is 13.7 Å². The minimum atomic E-state index is -1.21. The number of carboxylic acids is 1. The molecular formula is C23H31N5O9. The molecule has 1 aromatic rings. The topological polar surface area (TPSA) is 216 Å². The number of methoxy groups -OCH3 is 1. The largest absolute Gasteiger partial charge is 0.507 e. The van der Waals surface area contributed by atoms with Crippen LogP contribution in [0.3, 0.4) is 0 Å². The Morgan fingerprint density at radius 3 is 2.70 bits per heavy atom. The van der Waals surface area contributed by atoms with Gasteiger partial charge in [0.1, 0.15) is 29.7 Å². The van der Waals surface area contributed by atoms with Gasteiger partial charge < -0.3 is 30.7 Å². The maximum Gasteiger partial charge on any atom is 0.342 e. The van der Waals surface area contributed by atoms with Crippen LogP contribution in [0.2, 0.25) is 0 Å². The van der Waals surface area contributed by atoms with Crippen LogP contribution in [0.5, 0.6) is 11.5 Å². The van der Waals surface area contributed by atoms with Crippen LogP contribution in [0.1, 0.15) is 59.7 Å². The van der Waals surface area contributed by atoms with E-state index in [9.17, 15) is 34.7 Å². The fourth-order valence-electron chi connectivity index (χ4n) is 3.86. The highest BCUT2D eigenvalue weighted by Gasteiger charge is 2.31. The third kappa shape index (κ3) is 7.81. The van der Waals surface area contributed by atoms with Gasteiger partial charge in [-0.3, -0.25) is 4.79 Å². The number of guanidine groups is 1. The number of phenolic OH excluding ortho intramolecular Hbond substituents is 1. The van der Waals surface area contributed by atoms with Crippen LogP contribution in [-0.4, -0.2) is 58.7 Å². The first-order chi connectivity index (χ1) is 17.5. The molecule has 0 bridgehead atoms. The van der Waals surface area contributed by atoms with Crippen LogP contribution in [-0.2, 0) is 27.4 Å². The highest BCUT2D eigenvalue weighted by molar-refractivity contribution is 5.98. The van der Waals surface area contributed by atoms with Gasteiger partial charge in [0.05, 0.1) is 7.11 Å². The molecule has 0 saturated heterocycles. The van der Waals surface area contributed by atoms with E-state index in [1.54, 1.807) is 25.3 Å². The van der Waals surface area contributed by atoms with E-state index < -0.39 is 34.9 Å². The van der Waals surface area contributed by atoms with Crippen molar-refractivity contribution in [2.45, 2.75) is 58.6 Å². The number of rotatable bonds is 13. The molecule has 0 radical (unpaired) electrons. The van der Waals surface area contributed by atoms with E-state index in [4.69, 9.17) is 15.2 Å².